The third kappa shape index (κ3) is 2.33. The number of carbonyl (C=O) groups is 2. The Hall–Kier alpha value is -1.95. The maximum Gasteiger partial charge on any atom is 0.246 e. The number of ether oxygens (including phenoxy) is 1. The zero-order chi connectivity index (χ0) is 13.1. The molecule has 6 nitrogen and oxygen atoms in total. The molecule has 2 rings (SSSR count). The van der Waals surface area contributed by atoms with E-state index in [0.29, 0.717) is 24.3 Å². The first-order valence-electron chi connectivity index (χ1n) is 5.71. The van der Waals surface area contributed by atoms with Crippen LogP contribution in [0.25, 0.3) is 0 Å². The molecule has 2 heterocycles. The van der Waals surface area contributed by atoms with Crippen LogP contribution < -0.4 is 10.5 Å². The molecule has 1 fully saturated rings. The molecule has 1 saturated heterocycles. The second-order valence-electron chi connectivity index (χ2n) is 4.14. The van der Waals surface area contributed by atoms with Gasteiger partial charge in [0.1, 0.15) is 0 Å². The Balaban J connectivity index is 2.21. The van der Waals surface area contributed by atoms with Gasteiger partial charge in [0.2, 0.25) is 17.7 Å². The molecule has 0 aliphatic carbocycles. The number of carbonyl (C=O) groups excluding carboxylic acids is 2. The Kier molecular flexibility index (Phi) is 3.57. The zero-order valence-electron chi connectivity index (χ0n) is 10.1. The third-order valence-corrected chi connectivity index (χ3v) is 2.93. The number of imide groups is 1. The lowest BCUT2D eigenvalue weighted by atomic mass is 10.0. The third-order valence-electron chi connectivity index (χ3n) is 2.93. The lowest BCUT2D eigenvalue weighted by Crippen LogP contribution is -2.50. The van der Waals surface area contributed by atoms with Crippen LogP contribution in [0.5, 0.6) is 5.88 Å². The molecule has 1 aromatic heterocycles. The molecule has 0 aromatic carbocycles. The second kappa shape index (κ2) is 5.14. The molecule has 1 atom stereocenters. The first-order valence-corrected chi connectivity index (χ1v) is 5.71. The van der Waals surface area contributed by atoms with E-state index < -0.39 is 6.04 Å². The van der Waals surface area contributed by atoms with Crippen molar-refractivity contribution in [3.63, 3.8) is 0 Å². The lowest BCUT2D eigenvalue weighted by Gasteiger charge is -2.28. The smallest absolute Gasteiger partial charge is 0.246 e. The van der Waals surface area contributed by atoms with Crippen molar-refractivity contribution in [3.8, 4) is 5.88 Å². The average Bonchev–Trinajstić information content (AvgIpc) is 2.39. The SMILES string of the molecule is COc1ncccc1CN1C(=O)CCC(N)C1=O. The molecular formula is C12H15N3O3. The molecule has 0 bridgehead atoms. The van der Waals surface area contributed by atoms with Gasteiger partial charge in [-0.2, -0.15) is 0 Å². The predicted molar refractivity (Wildman–Crippen MR) is 63.6 cm³/mol. The highest BCUT2D eigenvalue weighted by atomic mass is 16.5. The summed E-state index contributed by atoms with van der Waals surface area (Å²) < 4.78 is 5.09. The van der Waals surface area contributed by atoms with E-state index in [4.69, 9.17) is 10.5 Å². The molecule has 1 aromatic rings. The van der Waals surface area contributed by atoms with Crippen molar-refractivity contribution in [2.75, 3.05) is 7.11 Å². The summed E-state index contributed by atoms with van der Waals surface area (Å²) in [5.74, 6) is -0.123. The Morgan fingerprint density at radius 1 is 1.56 bits per heavy atom. The number of methoxy groups -OCH3 is 1. The molecule has 18 heavy (non-hydrogen) atoms. The summed E-state index contributed by atoms with van der Waals surface area (Å²) >= 11 is 0. The van der Waals surface area contributed by atoms with Gasteiger partial charge in [0.25, 0.3) is 0 Å². The van der Waals surface area contributed by atoms with Crippen molar-refractivity contribution < 1.29 is 14.3 Å². The van der Waals surface area contributed by atoms with Crippen molar-refractivity contribution in [1.82, 2.24) is 9.88 Å². The fourth-order valence-corrected chi connectivity index (χ4v) is 1.93. The Bertz CT molecular complexity index is 475. The standard InChI is InChI=1S/C12H15N3O3/c1-18-11-8(3-2-6-14-11)7-15-10(16)5-4-9(13)12(15)17/h2-3,6,9H,4-5,7,13H2,1H3. The topological polar surface area (TPSA) is 85.5 Å². The van der Waals surface area contributed by atoms with Gasteiger partial charge in [0.05, 0.1) is 19.7 Å². The monoisotopic (exact) mass is 249 g/mol. The van der Waals surface area contributed by atoms with Gasteiger partial charge >= 0.3 is 0 Å². The van der Waals surface area contributed by atoms with Gasteiger partial charge < -0.3 is 10.5 Å². The summed E-state index contributed by atoms with van der Waals surface area (Å²) in [5.41, 5.74) is 6.36. The summed E-state index contributed by atoms with van der Waals surface area (Å²) in [6, 6.07) is 2.91. The molecule has 1 aliphatic heterocycles. The molecule has 1 aliphatic rings. The summed E-state index contributed by atoms with van der Waals surface area (Å²) in [4.78, 5) is 28.8. The molecule has 1 unspecified atom stereocenters. The number of aromatic nitrogens is 1. The fraction of sp³-hybridized carbons (Fsp3) is 0.417. The van der Waals surface area contributed by atoms with Gasteiger partial charge in [-0.25, -0.2) is 4.98 Å². The van der Waals surface area contributed by atoms with Gasteiger partial charge in [-0.05, 0) is 12.5 Å². The van der Waals surface area contributed by atoms with Crippen LogP contribution in [-0.4, -0.2) is 34.8 Å². The van der Waals surface area contributed by atoms with Gasteiger partial charge in [-0.3, -0.25) is 14.5 Å². The van der Waals surface area contributed by atoms with Crippen molar-refractivity contribution in [1.29, 1.82) is 0 Å². The van der Waals surface area contributed by atoms with Crippen LogP contribution in [0.4, 0.5) is 0 Å². The first-order chi connectivity index (χ1) is 8.63. The van der Waals surface area contributed by atoms with Crippen LogP contribution in [0.15, 0.2) is 18.3 Å². The van der Waals surface area contributed by atoms with E-state index in [0.717, 1.165) is 0 Å². The molecule has 6 heteroatoms. The Morgan fingerprint density at radius 3 is 3.06 bits per heavy atom. The quantitative estimate of drug-likeness (QED) is 0.766. The van der Waals surface area contributed by atoms with E-state index in [1.165, 1.54) is 12.0 Å². The molecule has 2 amide bonds. The van der Waals surface area contributed by atoms with Crippen molar-refractivity contribution in [2.45, 2.75) is 25.4 Å². The minimum atomic E-state index is -0.592. The largest absolute Gasteiger partial charge is 0.481 e. The molecule has 2 N–H and O–H groups in total. The van der Waals surface area contributed by atoms with Gasteiger partial charge in [-0.15, -0.1) is 0 Å². The number of piperidine rings is 1. The number of hydrogen-bond acceptors (Lipinski definition) is 5. The number of nitrogens with two attached hydrogens (primary N) is 1. The van der Waals surface area contributed by atoms with Crippen LogP contribution in [0.1, 0.15) is 18.4 Å². The zero-order valence-corrected chi connectivity index (χ0v) is 10.1. The maximum absolute atomic E-state index is 11.9. The van der Waals surface area contributed by atoms with Crippen molar-refractivity contribution >= 4 is 11.8 Å². The molecule has 0 saturated carbocycles. The fourth-order valence-electron chi connectivity index (χ4n) is 1.93. The van der Waals surface area contributed by atoms with E-state index >= 15 is 0 Å². The van der Waals surface area contributed by atoms with Gasteiger partial charge in [-0.1, -0.05) is 6.07 Å². The summed E-state index contributed by atoms with van der Waals surface area (Å²) in [6.45, 7) is 0.155. The first kappa shape index (κ1) is 12.5. The molecular weight excluding hydrogens is 234 g/mol. The van der Waals surface area contributed by atoms with E-state index in [9.17, 15) is 9.59 Å². The van der Waals surface area contributed by atoms with Crippen LogP contribution in [0.2, 0.25) is 0 Å². The summed E-state index contributed by atoms with van der Waals surface area (Å²) in [6.07, 6.45) is 2.31. The Morgan fingerprint density at radius 2 is 2.33 bits per heavy atom. The highest BCUT2D eigenvalue weighted by Gasteiger charge is 2.32. The minimum absolute atomic E-state index is 0.155. The van der Waals surface area contributed by atoms with E-state index in [1.54, 1.807) is 18.3 Å². The maximum atomic E-state index is 11.9. The number of hydrogen-bond donors (Lipinski definition) is 1. The van der Waals surface area contributed by atoms with Crippen LogP contribution >= 0.6 is 0 Å². The van der Waals surface area contributed by atoms with E-state index in [-0.39, 0.29) is 18.4 Å². The Labute approximate surface area is 105 Å². The molecule has 0 spiro atoms. The summed E-state index contributed by atoms with van der Waals surface area (Å²) in [7, 11) is 1.50. The van der Waals surface area contributed by atoms with Gasteiger partial charge in [0, 0.05) is 18.2 Å². The van der Waals surface area contributed by atoms with E-state index in [1.807, 2.05) is 0 Å². The number of amides is 2. The van der Waals surface area contributed by atoms with Gasteiger partial charge in [0.15, 0.2) is 0 Å². The lowest BCUT2D eigenvalue weighted by molar-refractivity contribution is -0.149. The number of nitrogens with zero attached hydrogens (tertiary/aromatic N) is 2. The normalized spacial score (nSPS) is 20.1. The predicted octanol–water partition coefficient (Wildman–Crippen LogP) is 0.0665. The number of rotatable bonds is 3. The highest BCUT2D eigenvalue weighted by molar-refractivity contribution is 6.00. The van der Waals surface area contributed by atoms with E-state index in [2.05, 4.69) is 4.98 Å². The molecule has 96 valence electrons. The van der Waals surface area contributed by atoms with Crippen LogP contribution in [0.3, 0.4) is 0 Å². The summed E-state index contributed by atoms with van der Waals surface area (Å²) in [5, 5.41) is 0. The highest BCUT2D eigenvalue weighted by Crippen LogP contribution is 2.20. The minimum Gasteiger partial charge on any atom is -0.481 e. The average molecular weight is 249 g/mol. The number of likely N-dealkylation sites (tertiary alicyclic amines) is 1. The van der Waals surface area contributed by atoms with Crippen molar-refractivity contribution in [2.24, 2.45) is 5.73 Å². The number of pyridine rings is 1. The molecule has 0 radical (unpaired) electrons. The van der Waals surface area contributed by atoms with Crippen molar-refractivity contribution in [3.05, 3.63) is 23.9 Å². The van der Waals surface area contributed by atoms with Crippen LogP contribution in [0, 0.1) is 0 Å². The second-order valence-corrected chi connectivity index (χ2v) is 4.14. The van der Waals surface area contributed by atoms with Crippen LogP contribution in [-0.2, 0) is 16.1 Å².